The molecular formula is C15H23NOS. The van der Waals surface area contributed by atoms with E-state index >= 15 is 0 Å². The maximum atomic E-state index is 5.17. The molecule has 100 valence electrons. The van der Waals surface area contributed by atoms with Crippen molar-refractivity contribution in [2.24, 2.45) is 0 Å². The average molecular weight is 265 g/mol. The Labute approximate surface area is 114 Å². The smallest absolute Gasteiger partial charge is 0.118 e. The van der Waals surface area contributed by atoms with Crippen LogP contribution in [0.1, 0.15) is 24.8 Å². The van der Waals surface area contributed by atoms with Gasteiger partial charge < -0.3 is 10.1 Å². The fourth-order valence-corrected chi connectivity index (χ4v) is 3.59. The van der Waals surface area contributed by atoms with Crippen molar-refractivity contribution in [3.05, 3.63) is 29.8 Å². The lowest BCUT2D eigenvalue weighted by Crippen LogP contribution is -2.14. The van der Waals surface area contributed by atoms with E-state index in [1.54, 1.807) is 7.11 Å². The molecule has 1 saturated heterocycles. The number of hydrogen-bond acceptors (Lipinski definition) is 3. The minimum atomic E-state index is 0.859. The Balaban J connectivity index is 1.70. The standard InChI is InChI=1S/C15H23NOS/c1-17-14-6-4-13(5-7-14)9-12-18-15-3-2-10-16-11-8-15/h4-7,15-16H,2-3,8-12H2,1H3. The normalized spacial score (nSPS) is 20.4. The van der Waals surface area contributed by atoms with Crippen molar-refractivity contribution in [2.75, 3.05) is 26.0 Å². The van der Waals surface area contributed by atoms with Gasteiger partial charge in [-0.2, -0.15) is 11.8 Å². The molecule has 1 aliphatic rings. The summed E-state index contributed by atoms with van der Waals surface area (Å²) in [6, 6.07) is 8.45. The lowest BCUT2D eigenvalue weighted by atomic mass is 10.2. The molecule has 2 rings (SSSR count). The summed E-state index contributed by atoms with van der Waals surface area (Å²) in [6.07, 6.45) is 5.20. The zero-order valence-electron chi connectivity index (χ0n) is 11.2. The molecule has 0 spiro atoms. The van der Waals surface area contributed by atoms with Gasteiger partial charge in [-0.25, -0.2) is 0 Å². The summed E-state index contributed by atoms with van der Waals surface area (Å²) in [5.74, 6) is 2.18. The highest BCUT2D eigenvalue weighted by Gasteiger charge is 2.11. The van der Waals surface area contributed by atoms with E-state index in [4.69, 9.17) is 4.74 Å². The highest BCUT2D eigenvalue weighted by atomic mass is 32.2. The summed E-state index contributed by atoms with van der Waals surface area (Å²) >= 11 is 2.14. The molecule has 1 heterocycles. The molecule has 0 radical (unpaired) electrons. The first-order valence-corrected chi connectivity index (χ1v) is 7.88. The van der Waals surface area contributed by atoms with E-state index in [1.165, 1.54) is 50.1 Å². The first kappa shape index (κ1) is 13.8. The Kier molecular flexibility index (Phi) is 5.88. The van der Waals surface area contributed by atoms with Gasteiger partial charge in [-0.15, -0.1) is 0 Å². The van der Waals surface area contributed by atoms with Crippen molar-refractivity contribution in [3.63, 3.8) is 0 Å². The molecule has 0 aromatic heterocycles. The molecule has 1 aromatic rings. The van der Waals surface area contributed by atoms with Crippen LogP contribution < -0.4 is 10.1 Å². The molecule has 0 amide bonds. The molecule has 0 bridgehead atoms. The van der Waals surface area contributed by atoms with Crippen LogP contribution in [0, 0.1) is 0 Å². The fraction of sp³-hybridized carbons (Fsp3) is 0.600. The van der Waals surface area contributed by atoms with Crippen molar-refractivity contribution >= 4 is 11.8 Å². The second-order valence-corrected chi connectivity index (χ2v) is 6.18. The van der Waals surface area contributed by atoms with Crippen LogP contribution >= 0.6 is 11.8 Å². The van der Waals surface area contributed by atoms with Gasteiger partial charge in [0.1, 0.15) is 5.75 Å². The molecule has 1 unspecified atom stereocenters. The highest BCUT2D eigenvalue weighted by molar-refractivity contribution is 7.99. The SMILES string of the molecule is COc1ccc(CCSC2CCCNCC2)cc1. The number of ether oxygens (including phenoxy) is 1. The van der Waals surface area contributed by atoms with E-state index in [9.17, 15) is 0 Å². The maximum absolute atomic E-state index is 5.17. The number of thioether (sulfide) groups is 1. The largest absolute Gasteiger partial charge is 0.497 e. The molecule has 1 N–H and O–H groups in total. The summed E-state index contributed by atoms with van der Waals surface area (Å²) in [7, 11) is 1.71. The van der Waals surface area contributed by atoms with Gasteiger partial charge >= 0.3 is 0 Å². The van der Waals surface area contributed by atoms with Crippen molar-refractivity contribution in [1.82, 2.24) is 5.32 Å². The third kappa shape index (κ3) is 4.54. The number of hydrogen-bond donors (Lipinski definition) is 1. The van der Waals surface area contributed by atoms with E-state index in [0.29, 0.717) is 0 Å². The number of aryl methyl sites for hydroxylation is 1. The number of rotatable bonds is 5. The van der Waals surface area contributed by atoms with Gasteiger partial charge in [0.25, 0.3) is 0 Å². The summed E-state index contributed by atoms with van der Waals surface area (Å²) in [4.78, 5) is 0. The van der Waals surface area contributed by atoms with Gasteiger partial charge in [-0.3, -0.25) is 0 Å². The summed E-state index contributed by atoms with van der Waals surface area (Å²) in [6.45, 7) is 2.40. The molecule has 1 aromatic carbocycles. The van der Waals surface area contributed by atoms with Crippen LogP contribution in [-0.2, 0) is 6.42 Å². The fourth-order valence-electron chi connectivity index (χ4n) is 2.29. The first-order valence-electron chi connectivity index (χ1n) is 6.84. The Bertz CT molecular complexity index is 331. The van der Waals surface area contributed by atoms with E-state index < -0.39 is 0 Å². The van der Waals surface area contributed by atoms with Gasteiger partial charge in [0.05, 0.1) is 7.11 Å². The first-order chi connectivity index (χ1) is 8.88. The van der Waals surface area contributed by atoms with Gasteiger partial charge in [0.15, 0.2) is 0 Å². The topological polar surface area (TPSA) is 21.3 Å². The predicted octanol–water partition coefficient (Wildman–Crippen LogP) is 3.11. The van der Waals surface area contributed by atoms with Crippen molar-refractivity contribution in [3.8, 4) is 5.75 Å². The van der Waals surface area contributed by atoms with Crippen molar-refractivity contribution in [2.45, 2.75) is 30.9 Å². The van der Waals surface area contributed by atoms with Gasteiger partial charge in [-0.05, 0) is 62.2 Å². The number of benzene rings is 1. The monoisotopic (exact) mass is 265 g/mol. The minimum Gasteiger partial charge on any atom is -0.497 e. The van der Waals surface area contributed by atoms with E-state index in [0.717, 1.165) is 11.0 Å². The molecule has 3 heteroatoms. The maximum Gasteiger partial charge on any atom is 0.118 e. The number of nitrogens with one attached hydrogen (secondary N) is 1. The molecule has 1 atom stereocenters. The summed E-state index contributed by atoms with van der Waals surface area (Å²) < 4.78 is 5.17. The molecule has 0 aliphatic carbocycles. The van der Waals surface area contributed by atoms with Crippen LogP contribution in [0.2, 0.25) is 0 Å². The van der Waals surface area contributed by atoms with Crippen LogP contribution in [0.4, 0.5) is 0 Å². The third-order valence-corrected chi connectivity index (χ3v) is 4.81. The lowest BCUT2D eigenvalue weighted by Gasteiger charge is -2.13. The zero-order chi connectivity index (χ0) is 12.6. The summed E-state index contributed by atoms with van der Waals surface area (Å²) in [5.41, 5.74) is 1.41. The van der Waals surface area contributed by atoms with Gasteiger partial charge in [0.2, 0.25) is 0 Å². The summed E-state index contributed by atoms with van der Waals surface area (Å²) in [5, 5.41) is 4.33. The van der Waals surface area contributed by atoms with Crippen LogP contribution in [0.3, 0.4) is 0 Å². The zero-order valence-corrected chi connectivity index (χ0v) is 12.0. The quantitative estimate of drug-likeness (QED) is 0.884. The van der Waals surface area contributed by atoms with Crippen molar-refractivity contribution < 1.29 is 4.74 Å². The van der Waals surface area contributed by atoms with E-state index in [2.05, 4.69) is 41.3 Å². The highest BCUT2D eigenvalue weighted by Crippen LogP contribution is 2.22. The molecule has 18 heavy (non-hydrogen) atoms. The van der Waals surface area contributed by atoms with Gasteiger partial charge in [0, 0.05) is 5.25 Å². The van der Waals surface area contributed by atoms with E-state index in [1.807, 2.05) is 0 Å². The van der Waals surface area contributed by atoms with Gasteiger partial charge in [-0.1, -0.05) is 12.1 Å². The van der Waals surface area contributed by atoms with Crippen LogP contribution in [-0.4, -0.2) is 31.2 Å². The average Bonchev–Trinajstić information content (AvgIpc) is 2.68. The molecule has 1 aliphatic heterocycles. The Morgan fingerprint density at radius 1 is 1.22 bits per heavy atom. The Morgan fingerprint density at radius 3 is 2.83 bits per heavy atom. The third-order valence-electron chi connectivity index (χ3n) is 3.43. The molecule has 2 nitrogen and oxygen atoms in total. The van der Waals surface area contributed by atoms with E-state index in [-0.39, 0.29) is 0 Å². The van der Waals surface area contributed by atoms with Crippen LogP contribution in [0.5, 0.6) is 5.75 Å². The Morgan fingerprint density at radius 2 is 2.06 bits per heavy atom. The molecular weight excluding hydrogens is 242 g/mol. The van der Waals surface area contributed by atoms with Crippen LogP contribution in [0.15, 0.2) is 24.3 Å². The number of methoxy groups -OCH3 is 1. The van der Waals surface area contributed by atoms with Crippen molar-refractivity contribution in [1.29, 1.82) is 0 Å². The predicted molar refractivity (Wildman–Crippen MR) is 79.7 cm³/mol. The second kappa shape index (κ2) is 7.70. The lowest BCUT2D eigenvalue weighted by molar-refractivity contribution is 0.414. The molecule has 0 saturated carbocycles. The Hall–Kier alpha value is -0.670. The minimum absolute atomic E-state index is 0.859. The molecule has 1 fully saturated rings. The second-order valence-electron chi connectivity index (χ2n) is 4.77. The van der Waals surface area contributed by atoms with Crippen LogP contribution in [0.25, 0.3) is 0 Å².